The molecule has 0 bridgehead atoms. The number of aryl methyl sites for hydroxylation is 2. The zero-order valence-electron chi connectivity index (χ0n) is 13.0. The van der Waals surface area contributed by atoms with Crippen LogP contribution in [-0.4, -0.2) is 25.0 Å². The van der Waals surface area contributed by atoms with Crippen molar-refractivity contribution in [3.63, 3.8) is 0 Å². The fourth-order valence-electron chi connectivity index (χ4n) is 2.18. The lowest BCUT2D eigenvalue weighted by molar-refractivity contribution is -0.120. The molecule has 0 saturated carbocycles. The lowest BCUT2D eigenvalue weighted by Crippen LogP contribution is -2.31. The second-order valence-corrected chi connectivity index (χ2v) is 5.48. The van der Waals surface area contributed by atoms with Crippen molar-refractivity contribution >= 4 is 11.7 Å². The van der Waals surface area contributed by atoms with Gasteiger partial charge in [0.25, 0.3) is 0 Å². The normalized spacial score (nSPS) is 10.3. The van der Waals surface area contributed by atoms with Gasteiger partial charge >= 0.3 is 0 Å². The molecule has 0 unspecified atom stereocenters. The van der Waals surface area contributed by atoms with Gasteiger partial charge in [-0.2, -0.15) is 0 Å². The number of nitrogens with zero attached hydrogens (tertiary/aromatic N) is 2. The quantitative estimate of drug-likeness (QED) is 0.481. The van der Waals surface area contributed by atoms with Crippen molar-refractivity contribution in [2.24, 2.45) is 5.84 Å². The van der Waals surface area contributed by atoms with Crippen LogP contribution in [0.1, 0.15) is 16.7 Å². The first-order valence-corrected chi connectivity index (χ1v) is 7.28. The molecule has 0 aliphatic carbocycles. The number of nitrogens with two attached hydrogens (primary N) is 1. The smallest absolute Gasteiger partial charge is 0.238 e. The molecule has 1 aromatic heterocycles. The monoisotopic (exact) mass is 298 g/mol. The summed E-state index contributed by atoms with van der Waals surface area (Å²) in [5.41, 5.74) is 5.56. The Labute approximate surface area is 131 Å². The Morgan fingerprint density at radius 2 is 1.64 bits per heavy atom. The number of rotatable bonds is 6. The average Bonchev–Trinajstić information content (AvgIpc) is 2.54. The number of pyridine rings is 1. The highest BCUT2D eigenvalue weighted by molar-refractivity contribution is 5.77. The number of hydrogen-bond donors (Lipinski definition) is 2. The van der Waals surface area contributed by atoms with Crippen molar-refractivity contribution in [3.05, 3.63) is 59.3 Å². The molecule has 3 N–H and O–H groups in total. The number of carbonyl (C=O) groups excluding carboxylic acids is 1. The van der Waals surface area contributed by atoms with Gasteiger partial charge in [0, 0.05) is 20.3 Å². The summed E-state index contributed by atoms with van der Waals surface area (Å²) in [6.07, 6.45) is 4.14. The van der Waals surface area contributed by atoms with Gasteiger partial charge in [-0.3, -0.25) is 10.2 Å². The number of carbonyl (C=O) groups is 1. The first kappa shape index (κ1) is 16.0. The maximum atomic E-state index is 11.2. The van der Waals surface area contributed by atoms with E-state index in [-0.39, 0.29) is 5.91 Å². The van der Waals surface area contributed by atoms with Gasteiger partial charge in [0.15, 0.2) is 0 Å². The summed E-state index contributed by atoms with van der Waals surface area (Å²) in [4.78, 5) is 17.6. The summed E-state index contributed by atoms with van der Waals surface area (Å²) in [6.45, 7) is 0. The lowest BCUT2D eigenvalue weighted by Gasteiger charge is -2.11. The summed E-state index contributed by atoms with van der Waals surface area (Å²) in [5, 5.41) is 0. The van der Waals surface area contributed by atoms with Crippen LogP contribution in [0.3, 0.4) is 0 Å². The van der Waals surface area contributed by atoms with Crippen molar-refractivity contribution in [2.75, 3.05) is 19.0 Å². The Morgan fingerprint density at radius 1 is 1.05 bits per heavy atom. The van der Waals surface area contributed by atoms with Crippen molar-refractivity contribution in [1.29, 1.82) is 0 Å². The number of hydrazine groups is 1. The van der Waals surface area contributed by atoms with E-state index in [0.717, 1.165) is 24.2 Å². The molecule has 0 atom stereocenters. The van der Waals surface area contributed by atoms with Crippen molar-refractivity contribution in [2.45, 2.75) is 19.3 Å². The molecule has 0 fully saturated rings. The highest BCUT2D eigenvalue weighted by Crippen LogP contribution is 2.12. The maximum absolute atomic E-state index is 11.2. The van der Waals surface area contributed by atoms with E-state index < -0.39 is 0 Å². The van der Waals surface area contributed by atoms with Gasteiger partial charge in [0.2, 0.25) is 5.91 Å². The molecule has 0 aliphatic rings. The number of anilines is 1. The van der Waals surface area contributed by atoms with Crippen LogP contribution < -0.4 is 16.2 Å². The summed E-state index contributed by atoms with van der Waals surface area (Å²) in [5.74, 6) is 5.87. The Kier molecular flexibility index (Phi) is 5.49. The van der Waals surface area contributed by atoms with E-state index in [4.69, 9.17) is 5.84 Å². The molecule has 116 valence electrons. The fourth-order valence-corrected chi connectivity index (χ4v) is 2.18. The summed E-state index contributed by atoms with van der Waals surface area (Å²) >= 11 is 0. The predicted octanol–water partition coefficient (Wildman–Crippen LogP) is 1.47. The maximum Gasteiger partial charge on any atom is 0.238 e. The molecule has 1 amide bonds. The van der Waals surface area contributed by atoms with Crippen molar-refractivity contribution < 1.29 is 4.79 Å². The summed E-state index contributed by atoms with van der Waals surface area (Å²) in [6, 6.07) is 12.2. The molecule has 0 radical (unpaired) electrons. The number of hydrogen-bond acceptors (Lipinski definition) is 4. The van der Waals surface area contributed by atoms with Crippen LogP contribution in [0.15, 0.2) is 42.6 Å². The largest absolute Gasteiger partial charge is 0.363 e. The summed E-state index contributed by atoms with van der Waals surface area (Å²) < 4.78 is 0. The molecule has 2 rings (SSSR count). The van der Waals surface area contributed by atoms with E-state index in [0.29, 0.717) is 6.42 Å². The van der Waals surface area contributed by atoms with E-state index in [1.165, 1.54) is 11.1 Å². The summed E-state index contributed by atoms with van der Waals surface area (Å²) in [7, 11) is 3.96. The average molecular weight is 298 g/mol. The van der Waals surface area contributed by atoms with E-state index in [9.17, 15) is 4.79 Å². The Morgan fingerprint density at radius 3 is 2.18 bits per heavy atom. The van der Waals surface area contributed by atoms with E-state index in [1.807, 2.05) is 43.4 Å². The molecular weight excluding hydrogens is 276 g/mol. The van der Waals surface area contributed by atoms with Crippen LogP contribution >= 0.6 is 0 Å². The minimum absolute atomic E-state index is 0.181. The third-order valence-electron chi connectivity index (χ3n) is 3.52. The molecule has 5 heteroatoms. The Balaban J connectivity index is 1.90. The zero-order chi connectivity index (χ0) is 15.9. The second-order valence-electron chi connectivity index (χ2n) is 5.48. The third-order valence-corrected chi connectivity index (χ3v) is 3.52. The molecular formula is C17H22N4O. The molecule has 0 spiro atoms. The van der Waals surface area contributed by atoms with E-state index >= 15 is 0 Å². The van der Waals surface area contributed by atoms with Gasteiger partial charge in [0.1, 0.15) is 5.82 Å². The minimum atomic E-state index is -0.181. The van der Waals surface area contributed by atoms with Crippen molar-refractivity contribution in [3.8, 4) is 0 Å². The highest BCUT2D eigenvalue weighted by atomic mass is 16.2. The Hall–Kier alpha value is -2.40. The predicted molar refractivity (Wildman–Crippen MR) is 88.4 cm³/mol. The SMILES string of the molecule is CN(C)c1ccc(CCc2ccc(CC(=O)NN)cc2)cn1. The molecule has 22 heavy (non-hydrogen) atoms. The van der Waals surface area contributed by atoms with Gasteiger partial charge in [-0.05, 0) is 35.6 Å². The second kappa shape index (κ2) is 7.56. The third kappa shape index (κ3) is 4.56. The highest BCUT2D eigenvalue weighted by Gasteiger charge is 2.02. The molecule has 0 aliphatic heterocycles. The number of aromatic nitrogens is 1. The molecule has 1 aromatic carbocycles. The molecule has 1 heterocycles. The molecule has 5 nitrogen and oxygen atoms in total. The van der Waals surface area contributed by atoms with Crippen LogP contribution in [0.5, 0.6) is 0 Å². The van der Waals surface area contributed by atoms with Gasteiger partial charge in [-0.15, -0.1) is 0 Å². The first-order chi connectivity index (χ1) is 10.6. The van der Waals surface area contributed by atoms with Crippen molar-refractivity contribution in [1.82, 2.24) is 10.4 Å². The van der Waals surface area contributed by atoms with Crippen LogP contribution in [0.25, 0.3) is 0 Å². The van der Waals surface area contributed by atoms with E-state index in [1.54, 1.807) is 0 Å². The first-order valence-electron chi connectivity index (χ1n) is 7.28. The van der Waals surface area contributed by atoms with E-state index in [2.05, 4.69) is 28.6 Å². The number of amides is 1. The fraction of sp³-hybridized carbons (Fsp3) is 0.294. The van der Waals surface area contributed by atoms with Crippen LogP contribution in [-0.2, 0) is 24.1 Å². The number of nitrogens with one attached hydrogen (secondary N) is 1. The topological polar surface area (TPSA) is 71.2 Å². The van der Waals surface area contributed by atoms with Gasteiger partial charge in [-0.25, -0.2) is 10.8 Å². The molecule has 0 saturated heterocycles. The van der Waals surface area contributed by atoms with Crippen LogP contribution in [0, 0.1) is 0 Å². The van der Waals surface area contributed by atoms with Crippen LogP contribution in [0.4, 0.5) is 5.82 Å². The zero-order valence-corrected chi connectivity index (χ0v) is 13.0. The Bertz CT molecular complexity index is 606. The van der Waals surface area contributed by atoms with Crippen LogP contribution in [0.2, 0.25) is 0 Å². The standard InChI is InChI=1S/C17H22N4O/c1-21(2)16-10-9-15(12-19-16)8-5-13-3-6-14(7-4-13)11-17(22)20-18/h3-4,6-7,9-10,12H,5,8,11,18H2,1-2H3,(H,20,22). The van der Waals surface area contributed by atoms with Gasteiger partial charge in [-0.1, -0.05) is 30.3 Å². The number of benzene rings is 1. The lowest BCUT2D eigenvalue weighted by atomic mass is 10.0. The van der Waals surface area contributed by atoms with Gasteiger partial charge < -0.3 is 4.90 Å². The molecule has 2 aromatic rings. The minimum Gasteiger partial charge on any atom is -0.363 e. The van der Waals surface area contributed by atoms with Gasteiger partial charge in [0.05, 0.1) is 6.42 Å².